The summed E-state index contributed by atoms with van der Waals surface area (Å²) in [5, 5.41) is 21.1. The van der Waals surface area contributed by atoms with Crippen LogP contribution in [0.1, 0.15) is 51.9 Å². The number of anilines is 1. The first-order chi connectivity index (χ1) is 16.6. The van der Waals surface area contributed by atoms with E-state index in [9.17, 15) is 19.1 Å². The summed E-state index contributed by atoms with van der Waals surface area (Å²) >= 11 is 6.49. The van der Waals surface area contributed by atoms with E-state index < -0.39 is 40.6 Å². The van der Waals surface area contributed by atoms with E-state index in [1.54, 1.807) is 24.9 Å². The smallest absolute Gasteiger partial charge is 0.296 e. The summed E-state index contributed by atoms with van der Waals surface area (Å²) in [7, 11) is 3.19. The van der Waals surface area contributed by atoms with E-state index in [1.165, 1.54) is 37.7 Å². The second kappa shape index (κ2) is 9.34. The Balaban J connectivity index is 1.88. The molecule has 3 aromatic heterocycles. The highest BCUT2D eigenvalue weighted by molar-refractivity contribution is 6.31. The first kappa shape index (κ1) is 24.1. The van der Waals surface area contributed by atoms with Crippen LogP contribution in [0, 0.1) is 12.7 Å². The molecule has 0 saturated carbocycles. The summed E-state index contributed by atoms with van der Waals surface area (Å²) in [6.07, 6.45) is 4.23. The monoisotopic (exact) mass is 500 g/mol. The molecule has 4 aromatic rings. The summed E-state index contributed by atoms with van der Waals surface area (Å²) in [6.45, 7) is 3.59. The molecule has 0 aliphatic heterocycles. The van der Waals surface area contributed by atoms with E-state index in [-0.39, 0.29) is 11.5 Å². The van der Waals surface area contributed by atoms with Crippen LogP contribution < -0.4 is 10.9 Å². The van der Waals surface area contributed by atoms with Crippen LogP contribution in [-0.2, 0) is 14.1 Å². The molecule has 12 heteroatoms. The van der Waals surface area contributed by atoms with Crippen LogP contribution in [0.15, 0.2) is 46.2 Å². The highest BCUT2D eigenvalue weighted by Crippen LogP contribution is 2.41. The Hall–Kier alpha value is -3.99. The van der Waals surface area contributed by atoms with Gasteiger partial charge in [-0.05, 0) is 30.7 Å². The van der Waals surface area contributed by atoms with Crippen LogP contribution in [0.4, 0.5) is 10.1 Å². The number of rotatable bonds is 6. The Bertz CT molecular complexity index is 1460. The Morgan fingerprint density at radius 3 is 2.66 bits per heavy atom. The third kappa shape index (κ3) is 4.54. The molecule has 1 amide bonds. The molecule has 0 fully saturated rings. The van der Waals surface area contributed by atoms with Crippen molar-refractivity contribution in [2.75, 3.05) is 5.32 Å². The number of nitrogens with one attached hydrogen (secondary N) is 1. The SMILES string of the molecule is Cc1nn(C)cc1C(c1cc(F)ccc1Cl)C(C)c1nc(C(=O)Nc2cnoc2)c(O)c(=O)n1C. The Labute approximate surface area is 204 Å². The number of aromatic hydroxyl groups is 1. The number of aromatic nitrogens is 5. The van der Waals surface area contributed by atoms with Gasteiger partial charge in [-0.2, -0.15) is 5.10 Å². The molecule has 0 saturated heterocycles. The van der Waals surface area contributed by atoms with Gasteiger partial charge < -0.3 is 14.9 Å². The lowest BCUT2D eigenvalue weighted by molar-refractivity contribution is 0.101. The number of amides is 1. The first-order valence-electron chi connectivity index (χ1n) is 10.5. The topological polar surface area (TPSA) is 128 Å². The third-order valence-electron chi connectivity index (χ3n) is 5.79. The van der Waals surface area contributed by atoms with E-state index in [0.717, 1.165) is 10.1 Å². The zero-order valence-electron chi connectivity index (χ0n) is 19.3. The van der Waals surface area contributed by atoms with Gasteiger partial charge in [0.25, 0.3) is 11.5 Å². The zero-order valence-corrected chi connectivity index (χ0v) is 20.0. The minimum atomic E-state index is -0.824. The number of nitrogens with zero attached hydrogens (tertiary/aromatic N) is 5. The Morgan fingerprint density at radius 1 is 1.29 bits per heavy atom. The van der Waals surface area contributed by atoms with Crippen molar-refractivity contribution in [2.24, 2.45) is 14.1 Å². The molecule has 0 aliphatic carbocycles. The Morgan fingerprint density at radius 2 is 2.03 bits per heavy atom. The molecule has 2 atom stereocenters. The maximum atomic E-state index is 14.3. The predicted octanol–water partition coefficient (Wildman–Crippen LogP) is 3.50. The van der Waals surface area contributed by atoms with E-state index >= 15 is 0 Å². The lowest BCUT2D eigenvalue weighted by atomic mass is 9.81. The van der Waals surface area contributed by atoms with Gasteiger partial charge in [0.2, 0.25) is 5.75 Å². The average molecular weight is 501 g/mol. The highest BCUT2D eigenvalue weighted by Gasteiger charge is 2.32. The van der Waals surface area contributed by atoms with Crippen molar-refractivity contribution in [1.29, 1.82) is 0 Å². The number of hydrogen-bond acceptors (Lipinski definition) is 7. The van der Waals surface area contributed by atoms with Crippen molar-refractivity contribution >= 4 is 23.2 Å². The quantitative estimate of drug-likeness (QED) is 0.414. The maximum absolute atomic E-state index is 14.3. The fourth-order valence-electron chi connectivity index (χ4n) is 4.16. The van der Waals surface area contributed by atoms with Gasteiger partial charge >= 0.3 is 0 Å². The molecule has 0 bridgehead atoms. The maximum Gasteiger partial charge on any atom is 0.296 e. The van der Waals surface area contributed by atoms with Gasteiger partial charge in [-0.25, -0.2) is 9.37 Å². The van der Waals surface area contributed by atoms with Gasteiger partial charge in [0, 0.05) is 42.7 Å². The van der Waals surface area contributed by atoms with E-state index in [4.69, 9.17) is 11.6 Å². The number of carbonyl (C=O) groups excluding carboxylic acids is 1. The predicted molar refractivity (Wildman–Crippen MR) is 125 cm³/mol. The number of aryl methyl sites for hydroxylation is 2. The van der Waals surface area contributed by atoms with E-state index in [0.29, 0.717) is 16.3 Å². The van der Waals surface area contributed by atoms with Crippen LogP contribution in [-0.4, -0.2) is 35.5 Å². The molecule has 35 heavy (non-hydrogen) atoms. The largest absolute Gasteiger partial charge is 0.501 e. The molecular formula is C23H22ClFN6O4. The third-order valence-corrected chi connectivity index (χ3v) is 6.14. The molecule has 2 unspecified atom stereocenters. The number of hydrogen-bond donors (Lipinski definition) is 2. The van der Waals surface area contributed by atoms with Crippen molar-refractivity contribution < 1.29 is 18.8 Å². The number of carbonyl (C=O) groups is 1. The minimum Gasteiger partial charge on any atom is -0.501 e. The summed E-state index contributed by atoms with van der Waals surface area (Å²) in [5.41, 5.74) is 0.826. The highest BCUT2D eigenvalue weighted by atomic mass is 35.5. The number of halogens is 2. The molecule has 3 heterocycles. The number of benzene rings is 1. The molecule has 1 aromatic carbocycles. The molecule has 2 N–H and O–H groups in total. The molecule has 4 rings (SSSR count). The van der Waals surface area contributed by atoms with Crippen molar-refractivity contribution in [3.63, 3.8) is 0 Å². The second-order valence-electron chi connectivity index (χ2n) is 8.17. The first-order valence-corrected chi connectivity index (χ1v) is 10.9. The summed E-state index contributed by atoms with van der Waals surface area (Å²) in [6, 6.07) is 4.04. The van der Waals surface area contributed by atoms with Gasteiger partial charge in [-0.15, -0.1) is 0 Å². The standard InChI is InChI=1S/C23H22ClFN6O4/c1-11(18(16-9-30(3)29-12(16)2)15-7-13(25)5-6-17(15)24)21-28-19(20(32)23(34)31(21)4)22(33)27-14-8-26-35-10-14/h5-11,18,32H,1-4H3,(H,27,33). The van der Waals surface area contributed by atoms with E-state index in [2.05, 4.69) is 25.1 Å². The van der Waals surface area contributed by atoms with Gasteiger partial charge in [-0.1, -0.05) is 23.7 Å². The summed E-state index contributed by atoms with van der Waals surface area (Å²) in [5.74, 6) is -3.12. The van der Waals surface area contributed by atoms with E-state index in [1.807, 2.05) is 6.92 Å². The normalized spacial score (nSPS) is 13.0. The van der Waals surface area contributed by atoms with Gasteiger partial charge in [0.15, 0.2) is 5.69 Å². The van der Waals surface area contributed by atoms with Crippen molar-refractivity contribution in [2.45, 2.75) is 25.7 Å². The van der Waals surface area contributed by atoms with Crippen molar-refractivity contribution in [3.05, 3.63) is 86.4 Å². The minimum absolute atomic E-state index is 0.178. The molecule has 0 spiro atoms. The zero-order chi connectivity index (χ0) is 25.4. The van der Waals surface area contributed by atoms with Gasteiger partial charge in [0.05, 0.1) is 11.9 Å². The molecule has 182 valence electrons. The van der Waals surface area contributed by atoms with Crippen molar-refractivity contribution in [3.8, 4) is 5.75 Å². The summed E-state index contributed by atoms with van der Waals surface area (Å²) < 4.78 is 21.8. The molecule has 10 nitrogen and oxygen atoms in total. The second-order valence-corrected chi connectivity index (χ2v) is 8.58. The molecule has 0 radical (unpaired) electrons. The lowest BCUT2D eigenvalue weighted by Gasteiger charge is -2.26. The van der Waals surface area contributed by atoms with Crippen LogP contribution in [0.3, 0.4) is 0 Å². The summed E-state index contributed by atoms with van der Waals surface area (Å²) in [4.78, 5) is 30.0. The van der Waals surface area contributed by atoms with Crippen LogP contribution >= 0.6 is 11.6 Å². The fourth-order valence-corrected chi connectivity index (χ4v) is 4.40. The van der Waals surface area contributed by atoms with Crippen LogP contribution in [0.2, 0.25) is 5.02 Å². The lowest BCUT2D eigenvalue weighted by Crippen LogP contribution is -2.29. The molecular weight excluding hydrogens is 479 g/mol. The van der Waals surface area contributed by atoms with Gasteiger partial charge in [0.1, 0.15) is 23.6 Å². The average Bonchev–Trinajstić information content (AvgIpc) is 3.43. The Kier molecular flexibility index (Phi) is 6.44. The van der Waals surface area contributed by atoms with Crippen LogP contribution in [0.5, 0.6) is 5.75 Å². The van der Waals surface area contributed by atoms with Gasteiger partial charge in [-0.3, -0.25) is 18.8 Å². The molecule has 0 aliphatic rings. The fraction of sp³-hybridized carbons (Fsp3) is 0.261. The van der Waals surface area contributed by atoms with Crippen molar-refractivity contribution in [1.82, 2.24) is 24.5 Å². The van der Waals surface area contributed by atoms with Crippen LogP contribution in [0.25, 0.3) is 0 Å².